The molecule has 2 fully saturated rings. The molecule has 3 heteroatoms. The van der Waals surface area contributed by atoms with Gasteiger partial charge in [-0.1, -0.05) is 6.92 Å². The van der Waals surface area contributed by atoms with Crippen LogP contribution >= 0.6 is 0 Å². The Bertz CT molecular complexity index is 192. The van der Waals surface area contributed by atoms with Crippen LogP contribution in [0.15, 0.2) is 0 Å². The molecule has 2 rings (SSSR count). The molecule has 0 unspecified atom stereocenters. The summed E-state index contributed by atoms with van der Waals surface area (Å²) in [5, 5.41) is 3.48. The minimum atomic E-state index is -0.173. The quantitative estimate of drug-likeness (QED) is 0.731. The SMILES string of the molecule is CCCNCCC1CCC2(CC1)OCCO2. The second kappa shape index (κ2) is 5.99. The summed E-state index contributed by atoms with van der Waals surface area (Å²) >= 11 is 0. The summed E-state index contributed by atoms with van der Waals surface area (Å²) in [4.78, 5) is 0. The van der Waals surface area contributed by atoms with Crippen LogP contribution in [-0.2, 0) is 9.47 Å². The van der Waals surface area contributed by atoms with Crippen LogP contribution in [0.25, 0.3) is 0 Å². The van der Waals surface area contributed by atoms with Gasteiger partial charge >= 0.3 is 0 Å². The summed E-state index contributed by atoms with van der Waals surface area (Å²) in [6.07, 6.45) is 7.30. The molecule has 3 nitrogen and oxygen atoms in total. The van der Waals surface area contributed by atoms with E-state index < -0.39 is 0 Å². The Morgan fingerprint density at radius 2 is 1.81 bits per heavy atom. The molecular formula is C13H25NO2. The molecule has 1 heterocycles. The molecule has 1 saturated heterocycles. The number of hydrogen-bond donors (Lipinski definition) is 1. The first-order valence-electron chi connectivity index (χ1n) is 6.83. The van der Waals surface area contributed by atoms with Crippen molar-refractivity contribution in [2.24, 2.45) is 5.92 Å². The van der Waals surface area contributed by atoms with E-state index in [2.05, 4.69) is 12.2 Å². The highest BCUT2D eigenvalue weighted by molar-refractivity contribution is 4.82. The Hall–Kier alpha value is -0.120. The third-order valence-corrected chi connectivity index (χ3v) is 3.84. The summed E-state index contributed by atoms with van der Waals surface area (Å²) in [7, 11) is 0. The summed E-state index contributed by atoms with van der Waals surface area (Å²) in [5.74, 6) is 0.704. The van der Waals surface area contributed by atoms with Gasteiger partial charge in [0.1, 0.15) is 0 Å². The molecule has 2 aliphatic rings. The minimum Gasteiger partial charge on any atom is -0.348 e. The first kappa shape index (κ1) is 12.3. The van der Waals surface area contributed by atoms with Gasteiger partial charge in [-0.3, -0.25) is 0 Å². The lowest BCUT2D eigenvalue weighted by Gasteiger charge is -2.35. The van der Waals surface area contributed by atoms with Crippen molar-refractivity contribution < 1.29 is 9.47 Å². The zero-order valence-corrected chi connectivity index (χ0v) is 10.5. The van der Waals surface area contributed by atoms with Crippen LogP contribution < -0.4 is 5.32 Å². The van der Waals surface area contributed by atoms with E-state index in [0.717, 1.165) is 38.5 Å². The van der Waals surface area contributed by atoms with Crippen molar-refractivity contribution in [1.82, 2.24) is 5.32 Å². The lowest BCUT2D eigenvalue weighted by atomic mass is 9.83. The minimum absolute atomic E-state index is 0.173. The molecule has 1 aliphatic heterocycles. The summed E-state index contributed by atoms with van der Waals surface area (Å²) in [5.41, 5.74) is 0. The standard InChI is InChI=1S/C13H25NO2/c1-2-8-14-9-5-12-3-6-13(7-4-12)15-10-11-16-13/h12,14H,2-11H2,1H3. The van der Waals surface area contributed by atoms with Gasteiger partial charge in [-0.05, 0) is 44.7 Å². The number of rotatable bonds is 5. The fourth-order valence-corrected chi connectivity index (χ4v) is 2.80. The molecular weight excluding hydrogens is 202 g/mol. The Balaban J connectivity index is 1.61. The molecule has 94 valence electrons. The molecule has 1 saturated carbocycles. The van der Waals surface area contributed by atoms with Crippen LogP contribution in [0.3, 0.4) is 0 Å². The van der Waals surface area contributed by atoms with Gasteiger partial charge in [-0.25, -0.2) is 0 Å². The summed E-state index contributed by atoms with van der Waals surface area (Å²) in [6.45, 7) is 6.13. The van der Waals surface area contributed by atoms with Crippen LogP contribution in [0, 0.1) is 5.92 Å². The smallest absolute Gasteiger partial charge is 0.168 e. The number of ether oxygens (including phenoxy) is 2. The summed E-state index contributed by atoms with van der Waals surface area (Å²) in [6, 6.07) is 0. The van der Waals surface area contributed by atoms with E-state index in [0.29, 0.717) is 0 Å². The lowest BCUT2D eigenvalue weighted by molar-refractivity contribution is -0.182. The van der Waals surface area contributed by atoms with Crippen molar-refractivity contribution in [2.45, 2.75) is 51.2 Å². The molecule has 0 bridgehead atoms. The van der Waals surface area contributed by atoms with E-state index in [-0.39, 0.29) is 5.79 Å². The number of nitrogens with one attached hydrogen (secondary N) is 1. The second-order valence-corrected chi connectivity index (χ2v) is 5.09. The second-order valence-electron chi connectivity index (χ2n) is 5.09. The van der Waals surface area contributed by atoms with Crippen molar-refractivity contribution in [2.75, 3.05) is 26.3 Å². The molecule has 16 heavy (non-hydrogen) atoms. The van der Waals surface area contributed by atoms with Crippen molar-refractivity contribution in [1.29, 1.82) is 0 Å². The van der Waals surface area contributed by atoms with Crippen LogP contribution in [-0.4, -0.2) is 32.1 Å². The highest BCUT2D eigenvalue weighted by Gasteiger charge is 2.39. The van der Waals surface area contributed by atoms with Crippen molar-refractivity contribution >= 4 is 0 Å². The maximum Gasteiger partial charge on any atom is 0.168 e. The molecule has 1 aliphatic carbocycles. The molecule has 1 N–H and O–H groups in total. The topological polar surface area (TPSA) is 30.5 Å². The van der Waals surface area contributed by atoms with Crippen LogP contribution in [0.4, 0.5) is 0 Å². The van der Waals surface area contributed by atoms with Gasteiger partial charge in [0, 0.05) is 12.8 Å². The lowest BCUT2D eigenvalue weighted by Crippen LogP contribution is -2.35. The van der Waals surface area contributed by atoms with Gasteiger partial charge in [0.15, 0.2) is 5.79 Å². The zero-order valence-electron chi connectivity index (χ0n) is 10.5. The Morgan fingerprint density at radius 1 is 1.12 bits per heavy atom. The Labute approximate surface area is 98.9 Å². The molecule has 0 radical (unpaired) electrons. The largest absolute Gasteiger partial charge is 0.348 e. The van der Waals surface area contributed by atoms with Crippen molar-refractivity contribution in [3.63, 3.8) is 0 Å². The first-order chi connectivity index (χ1) is 7.85. The first-order valence-corrected chi connectivity index (χ1v) is 6.83. The van der Waals surface area contributed by atoms with E-state index in [4.69, 9.17) is 9.47 Å². The highest BCUT2D eigenvalue weighted by Crippen LogP contribution is 2.39. The van der Waals surface area contributed by atoms with Gasteiger partial charge < -0.3 is 14.8 Å². The van der Waals surface area contributed by atoms with Crippen molar-refractivity contribution in [3.8, 4) is 0 Å². The van der Waals surface area contributed by atoms with E-state index in [1.165, 1.54) is 32.2 Å². The third kappa shape index (κ3) is 3.19. The van der Waals surface area contributed by atoms with Gasteiger partial charge in [0.2, 0.25) is 0 Å². The molecule has 0 aromatic heterocycles. The third-order valence-electron chi connectivity index (χ3n) is 3.84. The molecule has 0 amide bonds. The molecule has 0 aromatic rings. The van der Waals surface area contributed by atoms with Crippen LogP contribution in [0.2, 0.25) is 0 Å². The van der Waals surface area contributed by atoms with Gasteiger partial charge in [0.05, 0.1) is 13.2 Å². The molecule has 1 spiro atoms. The predicted molar refractivity (Wildman–Crippen MR) is 64.4 cm³/mol. The molecule has 0 atom stereocenters. The Kier molecular flexibility index (Phi) is 4.62. The average Bonchev–Trinajstić information content (AvgIpc) is 2.76. The van der Waals surface area contributed by atoms with Crippen LogP contribution in [0.5, 0.6) is 0 Å². The van der Waals surface area contributed by atoms with Gasteiger partial charge in [0.25, 0.3) is 0 Å². The summed E-state index contributed by atoms with van der Waals surface area (Å²) < 4.78 is 11.5. The average molecular weight is 227 g/mol. The van der Waals surface area contributed by atoms with Crippen LogP contribution in [0.1, 0.15) is 45.4 Å². The van der Waals surface area contributed by atoms with Gasteiger partial charge in [-0.2, -0.15) is 0 Å². The van der Waals surface area contributed by atoms with Crippen molar-refractivity contribution in [3.05, 3.63) is 0 Å². The Morgan fingerprint density at radius 3 is 2.44 bits per heavy atom. The maximum absolute atomic E-state index is 5.73. The highest BCUT2D eigenvalue weighted by atomic mass is 16.7. The zero-order chi connectivity index (χ0) is 11.3. The normalized spacial score (nSPS) is 25.3. The van der Waals surface area contributed by atoms with Gasteiger partial charge in [-0.15, -0.1) is 0 Å². The fraction of sp³-hybridized carbons (Fsp3) is 1.00. The monoisotopic (exact) mass is 227 g/mol. The van der Waals surface area contributed by atoms with E-state index >= 15 is 0 Å². The predicted octanol–water partition coefficient (Wildman–Crippen LogP) is 2.31. The number of hydrogen-bond acceptors (Lipinski definition) is 3. The maximum atomic E-state index is 5.73. The molecule has 0 aromatic carbocycles. The fourth-order valence-electron chi connectivity index (χ4n) is 2.80. The van der Waals surface area contributed by atoms with E-state index in [1.54, 1.807) is 0 Å². The van der Waals surface area contributed by atoms with E-state index in [1.807, 2.05) is 0 Å². The van der Waals surface area contributed by atoms with E-state index in [9.17, 15) is 0 Å².